The summed E-state index contributed by atoms with van der Waals surface area (Å²) in [5, 5.41) is 9.00. The van der Waals surface area contributed by atoms with E-state index in [0.29, 0.717) is 0 Å². The van der Waals surface area contributed by atoms with Crippen LogP contribution < -0.4 is 0 Å². The molecule has 1 N–H and O–H groups in total. The summed E-state index contributed by atoms with van der Waals surface area (Å²) in [5.74, 6) is -0.482. The summed E-state index contributed by atoms with van der Waals surface area (Å²) in [6.07, 6.45) is 2.20. The summed E-state index contributed by atoms with van der Waals surface area (Å²) in [6, 6.07) is 6.25. The van der Waals surface area contributed by atoms with E-state index < -0.39 is 5.97 Å². The van der Waals surface area contributed by atoms with Gasteiger partial charge in [-0.2, -0.15) is 0 Å². The van der Waals surface area contributed by atoms with Crippen LogP contribution in [0.25, 0.3) is 0 Å². The Bertz CT molecular complexity index is 452. The molecule has 2 rings (SSSR count). The second kappa shape index (κ2) is 4.45. The highest BCUT2D eigenvalue weighted by atomic mass is 79.9. The van der Waals surface area contributed by atoms with Gasteiger partial charge in [0.2, 0.25) is 0 Å². The van der Waals surface area contributed by atoms with E-state index in [4.69, 9.17) is 5.11 Å². The molecule has 3 heteroatoms. The van der Waals surface area contributed by atoms with Crippen LogP contribution in [-0.2, 0) is 16.6 Å². The third-order valence-electron chi connectivity index (χ3n) is 3.95. The number of carboxylic acid groups (broad SMARTS) is 1. The van der Waals surface area contributed by atoms with E-state index in [2.05, 4.69) is 41.9 Å². The number of aryl methyl sites for hydroxylation is 1. The van der Waals surface area contributed by atoms with Gasteiger partial charge in [-0.25, -0.2) is 0 Å². The van der Waals surface area contributed by atoms with Gasteiger partial charge in [0.15, 0.2) is 0 Å². The minimum atomic E-state index is -0.696. The van der Waals surface area contributed by atoms with Gasteiger partial charge in [-0.15, -0.1) is 0 Å². The third-order valence-corrected chi connectivity index (χ3v) is 4.61. The Hall–Kier alpha value is -0.830. The van der Waals surface area contributed by atoms with Crippen molar-refractivity contribution < 1.29 is 9.90 Å². The Morgan fingerprint density at radius 2 is 2.24 bits per heavy atom. The summed E-state index contributed by atoms with van der Waals surface area (Å²) >= 11 is 3.60. The Kier molecular flexibility index (Phi) is 3.30. The van der Waals surface area contributed by atoms with Crippen LogP contribution in [-0.4, -0.2) is 11.1 Å². The van der Waals surface area contributed by atoms with Gasteiger partial charge in [0.25, 0.3) is 0 Å². The number of hydrogen-bond donors (Lipinski definition) is 1. The van der Waals surface area contributed by atoms with Crippen molar-refractivity contribution in [3.63, 3.8) is 0 Å². The van der Waals surface area contributed by atoms with E-state index >= 15 is 0 Å². The van der Waals surface area contributed by atoms with Gasteiger partial charge in [-0.3, -0.25) is 4.79 Å². The van der Waals surface area contributed by atoms with Crippen molar-refractivity contribution in [2.45, 2.75) is 38.5 Å². The molecule has 92 valence electrons. The van der Waals surface area contributed by atoms with Gasteiger partial charge < -0.3 is 5.11 Å². The number of carbonyl (C=O) groups is 1. The molecule has 2 nitrogen and oxygen atoms in total. The average molecular weight is 297 g/mol. The molecule has 0 saturated carbocycles. The molecule has 0 bridgehead atoms. The minimum Gasteiger partial charge on any atom is -0.481 e. The maximum atomic E-state index is 10.9. The first-order valence-corrected chi connectivity index (χ1v) is 6.72. The number of hydrogen-bond acceptors (Lipinski definition) is 1. The summed E-state index contributed by atoms with van der Waals surface area (Å²) in [5.41, 5.74) is 2.56. The lowest BCUT2D eigenvalue weighted by atomic mass is 9.64. The fraction of sp³-hybridized carbons (Fsp3) is 0.500. The van der Waals surface area contributed by atoms with Crippen LogP contribution in [0.15, 0.2) is 22.7 Å². The molecule has 0 radical (unpaired) electrons. The van der Waals surface area contributed by atoms with E-state index in [1.54, 1.807) is 0 Å². The Balaban J connectivity index is 2.43. The van der Waals surface area contributed by atoms with Crippen molar-refractivity contribution in [1.29, 1.82) is 0 Å². The lowest BCUT2D eigenvalue weighted by Gasteiger charge is -2.40. The van der Waals surface area contributed by atoms with Crippen LogP contribution in [0.3, 0.4) is 0 Å². The smallest absolute Gasteiger partial charge is 0.303 e. The number of aliphatic carboxylic acids is 1. The van der Waals surface area contributed by atoms with Gasteiger partial charge >= 0.3 is 5.97 Å². The maximum absolute atomic E-state index is 10.9. The predicted molar refractivity (Wildman–Crippen MR) is 71.2 cm³/mol. The van der Waals surface area contributed by atoms with E-state index in [9.17, 15) is 4.79 Å². The summed E-state index contributed by atoms with van der Waals surface area (Å²) in [4.78, 5) is 10.9. The molecule has 0 amide bonds. The molecule has 1 aromatic rings. The Labute approximate surface area is 110 Å². The van der Waals surface area contributed by atoms with E-state index in [0.717, 1.165) is 17.3 Å². The van der Waals surface area contributed by atoms with Gasteiger partial charge in [0, 0.05) is 10.9 Å². The van der Waals surface area contributed by atoms with Crippen LogP contribution in [0.4, 0.5) is 0 Å². The third kappa shape index (κ3) is 2.25. The highest BCUT2D eigenvalue weighted by Gasteiger charge is 2.38. The lowest BCUT2D eigenvalue weighted by Crippen LogP contribution is -2.35. The van der Waals surface area contributed by atoms with Gasteiger partial charge in [0.05, 0.1) is 0 Å². The second-order valence-electron chi connectivity index (χ2n) is 5.33. The van der Waals surface area contributed by atoms with Crippen molar-refractivity contribution in [2.24, 2.45) is 5.92 Å². The Morgan fingerprint density at radius 1 is 1.53 bits per heavy atom. The molecular weight excluding hydrogens is 280 g/mol. The largest absolute Gasteiger partial charge is 0.481 e. The Morgan fingerprint density at radius 3 is 2.88 bits per heavy atom. The highest BCUT2D eigenvalue weighted by molar-refractivity contribution is 9.10. The topological polar surface area (TPSA) is 37.3 Å². The lowest BCUT2D eigenvalue weighted by molar-refractivity contribution is -0.138. The first-order chi connectivity index (χ1) is 7.93. The molecule has 0 aliphatic heterocycles. The normalized spacial score (nSPS) is 21.9. The average Bonchev–Trinajstić information content (AvgIpc) is 2.21. The SMILES string of the molecule is CC1(C)c2c(Br)cccc2CCC1CC(=O)O. The van der Waals surface area contributed by atoms with Gasteiger partial charge in [0.1, 0.15) is 0 Å². The molecule has 0 saturated heterocycles. The van der Waals surface area contributed by atoms with Crippen LogP contribution >= 0.6 is 15.9 Å². The molecule has 0 aromatic heterocycles. The van der Waals surface area contributed by atoms with E-state index in [1.807, 2.05) is 6.07 Å². The molecule has 1 aromatic carbocycles. The van der Waals surface area contributed by atoms with Crippen LogP contribution in [0.2, 0.25) is 0 Å². The molecule has 1 atom stereocenters. The van der Waals surface area contributed by atoms with Crippen LogP contribution in [0.1, 0.15) is 37.8 Å². The number of rotatable bonds is 2. The number of halogens is 1. The van der Waals surface area contributed by atoms with Crippen LogP contribution in [0, 0.1) is 5.92 Å². The molecule has 1 unspecified atom stereocenters. The van der Waals surface area contributed by atoms with E-state index in [1.165, 1.54) is 11.1 Å². The zero-order valence-electron chi connectivity index (χ0n) is 10.2. The highest BCUT2D eigenvalue weighted by Crippen LogP contribution is 2.45. The van der Waals surface area contributed by atoms with E-state index in [-0.39, 0.29) is 17.8 Å². The van der Waals surface area contributed by atoms with Gasteiger partial charge in [-0.05, 0) is 41.4 Å². The zero-order valence-corrected chi connectivity index (χ0v) is 11.8. The molecule has 0 fully saturated rings. The zero-order chi connectivity index (χ0) is 12.6. The van der Waals surface area contributed by atoms with Crippen molar-refractivity contribution >= 4 is 21.9 Å². The number of fused-ring (bicyclic) bond motifs is 1. The number of carboxylic acids is 1. The molecule has 0 heterocycles. The van der Waals surface area contributed by atoms with Crippen molar-refractivity contribution in [3.8, 4) is 0 Å². The van der Waals surface area contributed by atoms with Crippen molar-refractivity contribution in [2.75, 3.05) is 0 Å². The van der Waals surface area contributed by atoms with Crippen molar-refractivity contribution in [1.82, 2.24) is 0 Å². The standard InChI is InChI=1S/C14H17BrO2/c1-14(2)10(8-12(16)17)7-6-9-4-3-5-11(15)13(9)14/h3-5,10H,6-8H2,1-2H3,(H,16,17). The fourth-order valence-electron chi connectivity index (χ4n) is 2.96. The molecule has 17 heavy (non-hydrogen) atoms. The summed E-state index contributed by atoms with van der Waals surface area (Å²) in [7, 11) is 0. The second-order valence-corrected chi connectivity index (χ2v) is 6.18. The van der Waals surface area contributed by atoms with Crippen molar-refractivity contribution in [3.05, 3.63) is 33.8 Å². The summed E-state index contributed by atoms with van der Waals surface area (Å²) in [6.45, 7) is 4.31. The molecule has 0 spiro atoms. The van der Waals surface area contributed by atoms with Gasteiger partial charge in [-0.1, -0.05) is 41.9 Å². The molecule has 1 aliphatic rings. The maximum Gasteiger partial charge on any atom is 0.303 e. The first kappa shape index (κ1) is 12.6. The number of benzene rings is 1. The first-order valence-electron chi connectivity index (χ1n) is 5.92. The molecular formula is C14H17BrO2. The molecule has 1 aliphatic carbocycles. The predicted octanol–water partition coefficient (Wildman–Crippen LogP) is 3.76. The quantitative estimate of drug-likeness (QED) is 0.902. The minimum absolute atomic E-state index is 0.0773. The van der Waals surface area contributed by atoms with Crippen LogP contribution in [0.5, 0.6) is 0 Å². The monoisotopic (exact) mass is 296 g/mol. The fourth-order valence-corrected chi connectivity index (χ4v) is 3.88. The summed E-state index contributed by atoms with van der Waals surface area (Å²) < 4.78 is 1.11.